The average molecular weight is 630 g/mol. The smallest absolute Gasteiger partial charge is 0.264 e. The predicted molar refractivity (Wildman–Crippen MR) is 172 cm³/mol. The number of nitrogens with two attached hydrogens (primary N) is 2. The van der Waals surface area contributed by atoms with Crippen molar-refractivity contribution in [2.24, 2.45) is 22.4 Å². The third-order valence-electron chi connectivity index (χ3n) is 7.88. The Labute approximate surface area is 266 Å². The minimum Gasteiger partial charge on any atom is -0.434 e. The number of para-hydroxylation sites is 2. The largest absolute Gasteiger partial charge is 0.434 e. The van der Waals surface area contributed by atoms with Gasteiger partial charge in [-0.3, -0.25) is 19.4 Å². The number of aliphatic imine (C=N–C) groups is 1. The number of guanidine groups is 1. The second kappa shape index (κ2) is 15.0. The van der Waals surface area contributed by atoms with Gasteiger partial charge in [0.15, 0.2) is 17.3 Å². The zero-order chi connectivity index (χ0) is 31.8. The standard InChI is InChI=1S/C34H36ClN5O5/c35-25-14-12-23(13-15-25)21-44-26-19-28(40(20-26)31(42)17-22-7-2-1-3-8-22)29(41)18-24(9-6-16-38-34(36)37)32(43)33-39-27-10-4-5-11-30(27)45-33/h1-5,7-8,10-15,24,26,28H,6,9,16-21H2,(H4,36,37,38)/t24-,26-,28+/m1/s1. The van der Waals surface area contributed by atoms with E-state index in [1.807, 2.05) is 48.5 Å². The van der Waals surface area contributed by atoms with Crippen LogP contribution in [-0.4, -0.2) is 58.6 Å². The molecule has 5 rings (SSSR count). The summed E-state index contributed by atoms with van der Waals surface area (Å²) < 4.78 is 11.9. The number of benzene rings is 3. The van der Waals surface area contributed by atoms with Gasteiger partial charge in [-0.05, 0) is 48.2 Å². The third kappa shape index (κ3) is 8.55. The van der Waals surface area contributed by atoms with Crippen LogP contribution in [0.5, 0.6) is 0 Å². The van der Waals surface area contributed by atoms with Gasteiger partial charge in [0, 0.05) is 36.9 Å². The molecule has 0 unspecified atom stereocenters. The van der Waals surface area contributed by atoms with Gasteiger partial charge in [0.05, 0.1) is 25.2 Å². The van der Waals surface area contributed by atoms with Crippen molar-refractivity contribution < 1.29 is 23.5 Å². The summed E-state index contributed by atoms with van der Waals surface area (Å²) in [5.74, 6) is -1.60. The number of hydrogen-bond acceptors (Lipinski definition) is 7. The molecule has 45 heavy (non-hydrogen) atoms. The van der Waals surface area contributed by atoms with Crippen LogP contribution in [0.25, 0.3) is 11.1 Å². The number of likely N-dealkylation sites (tertiary alicyclic amines) is 1. The highest BCUT2D eigenvalue weighted by atomic mass is 35.5. The highest BCUT2D eigenvalue weighted by Gasteiger charge is 2.41. The van der Waals surface area contributed by atoms with Gasteiger partial charge in [0.2, 0.25) is 11.7 Å². The van der Waals surface area contributed by atoms with E-state index in [9.17, 15) is 14.4 Å². The summed E-state index contributed by atoms with van der Waals surface area (Å²) in [6.45, 7) is 0.885. The van der Waals surface area contributed by atoms with Crippen LogP contribution in [-0.2, 0) is 27.4 Å². The molecule has 0 radical (unpaired) electrons. The molecular formula is C34H36ClN5O5. The Morgan fingerprint density at radius 2 is 1.73 bits per heavy atom. The zero-order valence-corrected chi connectivity index (χ0v) is 25.6. The summed E-state index contributed by atoms with van der Waals surface area (Å²) in [6, 6.07) is 23.1. The fourth-order valence-electron chi connectivity index (χ4n) is 5.57. The zero-order valence-electron chi connectivity index (χ0n) is 24.8. The molecule has 234 valence electrons. The van der Waals surface area contributed by atoms with E-state index in [0.717, 1.165) is 11.1 Å². The lowest BCUT2D eigenvalue weighted by atomic mass is 9.89. The number of ether oxygens (including phenoxy) is 1. The molecule has 0 bridgehead atoms. The van der Waals surface area contributed by atoms with Crippen LogP contribution in [0.3, 0.4) is 0 Å². The molecule has 1 fully saturated rings. The maximum Gasteiger partial charge on any atom is 0.264 e. The molecule has 1 aliphatic heterocycles. The van der Waals surface area contributed by atoms with Crippen LogP contribution in [0, 0.1) is 5.92 Å². The van der Waals surface area contributed by atoms with Crippen molar-refractivity contribution in [3.05, 3.63) is 101 Å². The van der Waals surface area contributed by atoms with Crippen molar-refractivity contribution in [3.8, 4) is 0 Å². The number of amides is 1. The van der Waals surface area contributed by atoms with Crippen molar-refractivity contribution in [2.75, 3.05) is 13.1 Å². The first kappa shape index (κ1) is 31.9. The molecule has 4 N–H and O–H groups in total. The first-order chi connectivity index (χ1) is 21.8. The van der Waals surface area contributed by atoms with Gasteiger partial charge in [-0.2, -0.15) is 0 Å². The molecular weight excluding hydrogens is 594 g/mol. The van der Waals surface area contributed by atoms with E-state index in [0.29, 0.717) is 48.5 Å². The number of carbonyl (C=O) groups excluding carboxylic acids is 3. The maximum atomic E-state index is 14.0. The summed E-state index contributed by atoms with van der Waals surface area (Å²) in [6.07, 6.45) is 0.825. The minimum atomic E-state index is -0.743. The van der Waals surface area contributed by atoms with Gasteiger partial charge in [-0.25, -0.2) is 4.98 Å². The quantitative estimate of drug-likeness (QED) is 0.0879. The Bertz CT molecular complexity index is 1620. The van der Waals surface area contributed by atoms with Crippen molar-refractivity contribution >= 4 is 46.1 Å². The highest BCUT2D eigenvalue weighted by Crippen LogP contribution is 2.28. The van der Waals surface area contributed by atoms with Crippen LogP contribution in [0.4, 0.5) is 0 Å². The lowest BCUT2D eigenvalue weighted by Crippen LogP contribution is -2.42. The number of nitrogens with zero attached hydrogens (tertiary/aromatic N) is 3. The Hall–Kier alpha value is -4.54. The SMILES string of the molecule is NC(N)=NCCC[C@H](CC(=O)[C@@H]1C[C@@H](OCc2ccc(Cl)cc2)CN1C(=O)Cc1ccccc1)C(=O)c1nc2ccccc2o1. The van der Waals surface area contributed by atoms with E-state index in [1.165, 1.54) is 0 Å². The highest BCUT2D eigenvalue weighted by molar-refractivity contribution is 6.30. The molecule has 2 heterocycles. The predicted octanol–water partition coefficient (Wildman–Crippen LogP) is 4.72. The van der Waals surface area contributed by atoms with Gasteiger partial charge in [0.25, 0.3) is 5.89 Å². The van der Waals surface area contributed by atoms with Gasteiger partial charge >= 0.3 is 0 Å². The molecule has 3 aromatic carbocycles. The Balaban J connectivity index is 1.34. The number of ketones is 2. The van der Waals surface area contributed by atoms with Gasteiger partial charge in [-0.1, -0.05) is 66.2 Å². The number of Topliss-reactive ketones (excluding diaryl/α,β-unsaturated/α-hetero) is 2. The molecule has 11 heteroatoms. The molecule has 0 aliphatic carbocycles. The third-order valence-corrected chi connectivity index (χ3v) is 8.13. The minimum absolute atomic E-state index is 0.0453. The Morgan fingerprint density at radius 1 is 1.00 bits per heavy atom. The van der Waals surface area contributed by atoms with E-state index < -0.39 is 12.0 Å². The lowest BCUT2D eigenvalue weighted by molar-refractivity contribution is -0.137. The number of fused-ring (bicyclic) bond motifs is 1. The molecule has 0 spiro atoms. The normalized spacial score (nSPS) is 16.9. The molecule has 1 amide bonds. The van der Waals surface area contributed by atoms with Gasteiger partial charge in [0.1, 0.15) is 5.52 Å². The number of halogens is 1. The van der Waals surface area contributed by atoms with E-state index in [2.05, 4.69) is 9.98 Å². The number of rotatable bonds is 14. The molecule has 1 aliphatic rings. The second-order valence-electron chi connectivity index (χ2n) is 11.2. The molecule has 1 saturated heterocycles. The van der Waals surface area contributed by atoms with E-state index in [1.54, 1.807) is 35.2 Å². The lowest BCUT2D eigenvalue weighted by Gasteiger charge is -2.25. The molecule has 0 saturated carbocycles. The average Bonchev–Trinajstić information content (AvgIpc) is 3.67. The van der Waals surface area contributed by atoms with Crippen LogP contribution < -0.4 is 11.5 Å². The molecule has 3 atom stereocenters. The summed E-state index contributed by atoms with van der Waals surface area (Å²) >= 11 is 6.02. The first-order valence-electron chi connectivity index (χ1n) is 14.9. The van der Waals surface area contributed by atoms with Crippen molar-refractivity contribution in [1.29, 1.82) is 0 Å². The van der Waals surface area contributed by atoms with Crippen molar-refractivity contribution in [3.63, 3.8) is 0 Å². The number of hydrogen-bond donors (Lipinski definition) is 2. The van der Waals surface area contributed by atoms with E-state index in [-0.39, 0.29) is 54.8 Å². The van der Waals surface area contributed by atoms with Crippen molar-refractivity contribution in [2.45, 2.75) is 50.9 Å². The van der Waals surface area contributed by atoms with Crippen LogP contribution in [0.2, 0.25) is 5.02 Å². The van der Waals surface area contributed by atoms with Crippen molar-refractivity contribution in [1.82, 2.24) is 9.88 Å². The Morgan fingerprint density at radius 3 is 2.47 bits per heavy atom. The van der Waals surface area contributed by atoms with Crippen LogP contribution in [0.15, 0.2) is 88.3 Å². The maximum absolute atomic E-state index is 14.0. The van der Waals surface area contributed by atoms with Crippen LogP contribution >= 0.6 is 11.6 Å². The summed E-state index contributed by atoms with van der Waals surface area (Å²) in [7, 11) is 0. The van der Waals surface area contributed by atoms with E-state index in [4.69, 9.17) is 32.2 Å². The number of aromatic nitrogens is 1. The monoisotopic (exact) mass is 629 g/mol. The van der Waals surface area contributed by atoms with Crippen LogP contribution in [0.1, 0.15) is 47.5 Å². The summed E-state index contributed by atoms with van der Waals surface area (Å²) in [4.78, 5) is 51.2. The second-order valence-corrected chi connectivity index (χ2v) is 11.6. The summed E-state index contributed by atoms with van der Waals surface area (Å²) in [5.41, 5.74) is 13.8. The fraction of sp³-hybridized carbons (Fsp3) is 0.324. The first-order valence-corrected chi connectivity index (χ1v) is 15.3. The van der Waals surface area contributed by atoms with E-state index >= 15 is 0 Å². The van der Waals surface area contributed by atoms with Gasteiger partial charge in [-0.15, -0.1) is 0 Å². The molecule has 4 aromatic rings. The number of carbonyl (C=O) groups is 3. The summed E-state index contributed by atoms with van der Waals surface area (Å²) in [5, 5.41) is 0.628. The Kier molecular flexibility index (Phi) is 10.6. The molecule has 10 nitrogen and oxygen atoms in total. The number of oxazole rings is 1. The fourth-order valence-corrected chi connectivity index (χ4v) is 5.69. The van der Waals surface area contributed by atoms with Gasteiger partial charge < -0.3 is 25.5 Å². The molecule has 1 aromatic heterocycles. The topological polar surface area (TPSA) is 154 Å².